The number of rotatable bonds is 7. The third kappa shape index (κ3) is 4.67. The van der Waals surface area contributed by atoms with Gasteiger partial charge in [0.05, 0.1) is 42.2 Å². The Morgan fingerprint density at radius 1 is 1.11 bits per heavy atom. The van der Waals surface area contributed by atoms with Crippen LogP contribution in [0.25, 0.3) is 6.08 Å². The highest BCUT2D eigenvalue weighted by Gasteiger charge is 2.34. The average Bonchev–Trinajstić information content (AvgIpc) is 3.22. The summed E-state index contributed by atoms with van der Waals surface area (Å²) in [6.45, 7) is 6.97. The number of fused-ring (bicyclic) bond motifs is 2. The summed E-state index contributed by atoms with van der Waals surface area (Å²) in [4.78, 5) is 32.1. The minimum Gasteiger partial charge on any atom is -0.493 e. The van der Waals surface area contributed by atoms with Gasteiger partial charge in [-0.05, 0) is 62.2 Å². The largest absolute Gasteiger partial charge is 0.493 e. The van der Waals surface area contributed by atoms with Crippen molar-refractivity contribution in [2.75, 3.05) is 33.5 Å². The van der Waals surface area contributed by atoms with Gasteiger partial charge in [-0.25, -0.2) is 9.79 Å². The van der Waals surface area contributed by atoms with Gasteiger partial charge >= 0.3 is 5.97 Å². The summed E-state index contributed by atoms with van der Waals surface area (Å²) in [6.07, 6.45) is 1.79. The lowest BCUT2D eigenvalue weighted by Gasteiger charge is -2.25. The summed E-state index contributed by atoms with van der Waals surface area (Å²) in [5, 5.41) is 0. The molecule has 0 spiro atoms. The minimum absolute atomic E-state index is 0.198. The molecule has 0 bridgehead atoms. The number of nitrogens with zero attached hydrogens (tertiary/aromatic N) is 2. The first kappa shape index (κ1) is 25.6. The molecule has 0 N–H and O–H groups in total. The van der Waals surface area contributed by atoms with Crippen molar-refractivity contribution in [3.8, 4) is 23.0 Å². The molecule has 1 aromatic heterocycles. The first-order chi connectivity index (χ1) is 18.4. The van der Waals surface area contributed by atoms with Crippen LogP contribution in [0.4, 0.5) is 0 Å². The van der Waals surface area contributed by atoms with Gasteiger partial charge in [0.1, 0.15) is 13.2 Å². The predicted molar refractivity (Wildman–Crippen MR) is 142 cm³/mol. The number of hydrogen-bond donors (Lipinski definition) is 0. The molecule has 9 nitrogen and oxygen atoms in total. The monoisotopic (exact) mass is 536 g/mol. The molecule has 3 aromatic rings. The third-order valence-electron chi connectivity index (χ3n) is 6.18. The Morgan fingerprint density at radius 2 is 1.89 bits per heavy atom. The van der Waals surface area contributed by atoms with E-state index < -0.39 is 12.0 Å². The minimum atomic E-state index is -0.752. The van der Waals surface area contributed by atoms with Gasteiger partial charge in [-0.2, -0.15) is 0 Å². The Balaban J connectivity index is 1.69. The van der Waals surface area contributed by atoms with Crippen molar-refractivity contribution >= 4 is 23.4 Å². The average molecular weight is 537 g/mol. The number of hydrogen-bond acceptors (Lipinski definition) is 9. The Bertz CT molecular complexity index is 1600. The van der Waals surface area contributed by atoms with Gasteiger partial charge < -0.3 is 23.7 Å². The van der Waals surface area contributed by atoms with Crippen molar-refractivity contribution in [2.45, 2.75) is 26.8 Å². The standard InChI is InChI=1S/C28H28N2O7S/c1-5-34-22-15-18(8-10-19(22)33-4)25-24(27(32)35-6-2)16(3)29-28-30(25)26(31)23(38-28)14-17-7-9-20-21(13-17)37-12-11-36-20/h7-10,13-15,25H,5-6,11-12H2,1-4H3. The lowest BCUT2D eigenvalue weighted by atomic mass is 9.95. The fourth-order valence-electron chi connectivity index (χ4n) is 4.54. The van der Waals surface area contributed by atoms with Crippen LogP contribution in [0, 0.1) is 0 Å². The molecule has 0 saturated carbocycles. The zero-order valence-corrected chi connectivity index (χ0v) is 22.4. The van der Waals surface area contributed by atoms with Crippen molar-refractivity contribution in [2.24, 2.45) is 4.99 Å². The van der Waals surface area contributed by atoms with Crippen LogP contribution in [0.1, 0.15) is 37.9 Å². The van der Waals surface area contributed by atoms with Crippen LogP contribution >= 0.6 is 11.3 Å². The number of carbonyl (C=O) groups is 1. The van der Waals surface area contributed by atoms with Crippen molar-refractivity contribution in [1.29, 1.82) is 0 Å². The normalized spacial score (nSPS) is 16.5. The van der Waals surface area contributed by atoms with Crippen LogP contribution in [0.2, 0.25) is 0 Å². The second kappa shape index (κ2) is 10.7. The van der Waals surface area contributed by atoms with Crippen molar-refractivity contribution in [3.63, 3.8) is 0 Å². The lowest BCUT2D eigenvalue weighted by molar-refractivity contribution is -0.139. The van der Waals surface area contributed by atoms with E-state index in [2.05, 4.69) is 4.99 Å². The fraction of sp³-hybridized carbons (Fsp3) is 0.321. The van der Waals surface area contributed by atoms with E-state index in [1.54, 1.807) is 43.7 Å². The molecular weight excluding hydrogens is 508 g/mol. The molecule has 2 aliphatic rings. The zero-order chi connectivity index (χ0) is 26.8. The summed E-state index contributed by atoms with van der Waals surface area (Å²) in [5.74, 6) is 1.87. The molecule has 2 aromatic carbocycles. The van der Waals surface area contributed by atoms with Crippen molar-refractivity contribution < 1.29 is 28.5 Å². The summed E-state index contributed by atoms with van der Waals surface area (Å²) in [6, 6.07) is 10.2. The van der Waals surface area contributed by atoms with Gasteiger partial charge in [0.25, 0.3) is 5.56 Å². The Labute approximate surface area is 223 Å². The van der Waals surface area contributed by atoms with E-state index >= 15 is 0 Å². The maximum atomic E-state index is 13.9. The highest BCUT2D eigenvalue weighted by molar-refractivity contribution is 7.07. The van der Waals surface area contributed by atoms with E-state index in [0.29, 0.717) is 69.0 Å². The number of methoxy groups -OCH3 is 1. The summed E-state index contributed by atoms with van der Waals surface area (Å²) < 4.78 is 29.9. The van der Waals surface area contributed by atoms with Gasteiger partial charge in [0.15, 0.2) is 27.8 Å². The summed E-state index contributed by atoms with van der Waals surface area (Å²) >= 11 is 1.26. The third-order valence-corrected chi connectivity index (χ3v) is 7.17. The Morgan fingerprint density at radius 3 is 2.63 bits per heavy atom. The zero-order valence-electron chi connectivity index (χ0n) is 21.6. The number of esters is 1. The molecule has 0 saturated heterocycles. The van der Waals surface area contributed by atoms with Crippen LogP contribution in [-0.4, -0.2) is 44.1 Å². The molecule has 0 amide bonds. The van der Waals surface area contributed by atoms with Gasteiger partial charge in [-0.15, -0.1) is 0 Å². The van der Waals surface area contributed by atoms with Crippen molar-refractivity contribution in [1.82, 2.24) is 4.57 Å². The SMILES string of the molecule is CCOC(=O)C1=C(C)N=c2sc(=Cc3ccc4c(c3)OCCO4)c(=O)n2C1c1ccc(OC)c(OCC)c1. The Kier molecular flexibility index (Phi) is 7.24. The van der Waals surface area contributed by atoms with Gasteiger partial charge in [-0.1, -0.05) is 23.5 Å². The molecule has 5 rings (SSSR count). The van der Waals surface area contributed by atoms with Crippen LogP contribution < -0.4 is 33.8 Å². The van der Waals surface area contributed by atoms with Gasteiger partial charge in [0, 0.05) is 0 Å². The Hall–Kier alpha value is -4.05. The van der Waals surface area contributed by atoms with E-state index in [1.807, 2.05) is 31.2 Å². The van der Waals surface area contributed by atoms with Crippen LogP contribution in [-0.2, 0) is 9.53 Å². The first-order valence-corrected chi connectivity index (χ1v) is 13.2. The molecule has 1 atom stereocenters. The van der Waals surface area contributed by atoms with Crippen LogP contribution in [0.3, 0.4) is 0 Å². The van der Waals surface area contributed by atoms with Gasteiger partial charge in [0.2, 0.25) is 0 Å². The predicted octanol–water partition coefficient (Wildman–Crippen LogP) is 2.98. The van der Waals surface area contributed by atoms with E-state index in [9.17, 15) is 9.59 Å². The van der Waals surface area contributed by atoms with Gasteiger partial charge in [-0.3, -0.25) is 9.36 Å². The molecule has 0 radical (unpaired) electrons. The lowest BCUT2D eigenvalue weighted by Crippen LogP contribution is -2.40. The maximum absolute atomic E-state index is 13.9. The topological polar surface area (TPSA) is 97.6 Å². The van der Waals surface area contributed by atoms with Crippen LogP contribution in [0.15, 0.2) is 57.5 Å². The molecule has 1 unspecified atom stereocenters. The molecular formula is C28H28N2O7S. The summed E-state index contributed by atoms with van der Waals surface area (Å²) in [7, 11) is 1.56. The molecule has 0 fully saturated rings. The van der Waals surface area contributed by atoms with E-state index in [4.69, 9.17) is 23.7 Å². The number of ether oxygens (including phenoxy) is 5. The highest BCUT2D eigenvalue weighted by atomic mass is 32.1. The smallest absolute Gasteiger partial charge is 0.338 e. The number of benzene rings is 2. The molecule has 0 aliphatic carbocycles. The molecule has 3 heterocycles. The second-order valence-corrected chi connectivity index (χ2v) is 9.56. The van der Waals surface area contributed by atoms with E-state index in [-0.39, 0.29) is 12.2 Å². The molecule has 2 aliphatic heterocycles. The number of carbonyl (C=O) groups excluding carboxylic acids is 1. The molecule has 198 valence electrons. The summed E-state index contributed by atoms with van der Waals surface area (Å²) in [5.41, 5.74) is 2.00. The maximum Gasteiger partial charge on any atom is 0.338 e. The first-order valence-electron chi connectivity index (χ1n) is 12.3. The van der Waals surface area contributed by atoms with E-state index in [0.717, 1.165) is 5.56 Å². The van der Waals surface area contributed by atoms with Crippen LogP contribution in [0.5, 0.6) is 23.0 Å². The second-order valence-electron chi connectivity index (χ2n) is 8.55. The number of aromatic nitrogens is 1. The molecule has 38 heavy (non-hydrogen) atoms. The number of thiazole rings is 1. The molecule has 10 heteroatoms. The quantitative estimate of drug-likeness (QED) is 0.428. The fourth-order valence-corrected chi connectivity index (χ4v) is 5.59. The van der Waals surface area contributed by atoms with E-state index in [1.165, 1.54) is 11.3 Å². The number of allylic oxidation sites excluding steroid dienone is 1. The highest BCUT2D eigenvalue weighted by Crippen LogP contribution is 2.36. The van der Waals surface area contributed by atoms with Crippen molar-refractivity contribution in [3.05, 3.63) is 78.5 Å².